The van der Waals surface area contributed by atoms with Gasteiger partial charge in [-0.15, -0.1) is 0 Å². The number of nitrogens with zero attached hydrogens (tertiary/aromatic N) is 1. The summed E-state index contributed by atoms with van der Waals surface area (Å²) in [4.78, 5) is 3.04. The Kier molecular flexibility index (Phi) is 3.15. The maximum absolute atomic E-state index is 13.3. The number of benzene rings is 1. The molecule has 0 amide bonds. The van der Waals surface area contributed by atoms with Crippen LogP contribution in [0.15, 0.2) is 24.4 Å². The Morgan fingerprint density at radius 3 is 2.65 bits per heavy atom. The zero-order valence-corrected chi connectivity index (χ0v) is 10.9. The van der Waals surface area contributed by atoms with Crippen LogP contribution >= 0.6 is 12.2 Å². The maximum atomic E-state index is 13.3. The Morgan fingerprint density at radius 1 is 1.35 bits per heavy atom. The predicted molar refractivity (Wildman–Crippen MR) is 69.7 cm³/mol. The van der Waals surface area contributed by atoms with E-state index in [1.54, 1.807) is 13.0 Å². The SMILES string of the molecule is Cc1cc(-n2c(C(C)C)c[nH]c2=S)ccc1F. The van der Waals surface area contributed by atoms with E-state index in [4.69, 9.17) is 12.2 Å². The summed E-state index contributed by atoms with van der Waals surface area (Å²) in [5, 5.41) is 0. The Balaban J connectivity index is 2.63. The molecule has 0 aliphatic carbocycles. The normalized spacial score (nSPS) is 11.1. The average Bonchev–Trinajstić information content (AvgIpc) is 2.64. The molecule has 0 aliphatic rings. The quantitative estimate of drug-likeness (QED) is 0.796. The number of aryl methyl sites for hydroxylation is 1. The zero-order chi connectivity index (χ0) is 12.6. The van der Waals surface area contributed by atoms with Crippen LogP contribution in [0.2, 0.25) is 0 Å². The molecule has 1 aromatic heterocycles. The van der Waals surface area contributed by atoms with E-state index in [-0.39, 0.29) is 5.82 Å². The predicted octanol–water partition coefficient (Wildman–Crippen LogP) is 4.11. The second-order valence-corrected chi connectivity index (χ2v) is 4.83. The number of halogens is 1. The van der Waals surface area contributed by atoms with Crippen LogP contribution in [0.3, 0.4) is 0 Å². The Labute approximate surface area is 105 Å². The van der Waals surface area contributed by atoms with E-state index < -0.39 is 0 Å². The van der Waals surface area contributed by atoms with E-state index in [1.807, 2.05) is 16.8 Å². The van der Waals surface area contributed by atoms with Crippen molar-refractivity contribution < 1.29 is 4.39 Å². The maximum Gasteiger partial charge on any atom is 0.182 e. The minimum Gasteiger partial charge on any atom is -0.337 e. The van der Waals surface area contributed by atoms with Crippen LogP contribution in [0.5, 0.6) is 0 Å². The molecule has 2 rings (SSSR count). The summed E-state index contributed by atoms with van der Waals surface area (Å²) in [6.45, 7) is 5.96. The molecule has 0 saturated carbocycles. The first-order valence-corrected chi connectivity index (χ1v) is 5.98. The lowest BCUT2D eigenvalue weighted by Gasteiger charge is -2.11. The summed E-state index contributed by atoms with van der Waals surface area (Å²) in [7, 11) is 0. The van der Waals surface area contributed by atoms with Gasteiger partial charge in [-0.1, -0.05) is 13.8 Å². The first-order valence-electron chi connectivity index (χ1n) is 5.57. The number of hydrogen-bond acceptors (Lipinski definition) is 1. The summed E-state index contributed by atoms with van der Waals surface area (Å²) >= 11 is 5.26. The number of hydrogen-bond donors (Lipinski definition) is 1. The molecular weight excluding hydrogens is 235 g/mol. The van der Waals surface area contributed by atoms with Crippen LogP contribution in [0.25, 0.3) is 5.69 Å². The number of nitrogens with one attached hydrogen (secondary N) is 1. The minimum atomic E-state index is -0.193. The Bertz CT molecular complexity index is 596. The Morgan fingerprint density at radius 2 is 2.06 bits per heavy atom. The fourth-order valence-electron chi connectivity index (χ4n) is 1.84. The van der Waals surface area contributed by atoms with Crippen molar-refractivity contribution in [3.63, 3.8) is 0 Å². The van der Waals surface area contributed by atoms with Gasteiger partial charge in [-0.2, -0.15) is 0 Å². The molecule has 2 nitrogen and oxygen atoms in total. The highest BCUT2D eigenvalue weighted by molar-refractivity contribution is 7.71. The number of aromatic amines is 1. The van der Waals surface area contributed by atoms with Gasteiger partial charge in [-0.25, -0.2) is 4.39 Å². The second-order valence-electron chi connectivity index (χ2n) is 4.44. The summed E-state index contributed by atoms with van der Waals surface area (Å²) in [5.41, 5.74) is 2.63. The summed E-state index contributed by atoms with van der Waals surface area (Å²) < 4.78 is 15.8. The van der Waals surface area contributed by atoms with Crippen molar-refractivity contribution in [2.24, 2.45) is 0 Å². The number of rotatable bonds is 2. The fourth-order valence-corrected chi connectivity index (χ4v) is 2.11. The standard InChI is InChI=1S/C13H15FN2S/c1-8(2)12-7-15-13(17)16(12)10-4-5-11(14)9(3)6-10/h4-8H,1-3H3,(H,15,17). The van der Waals surface area contributed by atoms with Gasteiger partial charge in [-0.05, 0) is 48.8 Å². The van der Waals surface area contributed by atoms with Crippen LogP contribution in [-0.2, 0) is 0 Å². The molecule has 0 atom stereocenters. The smallest absolute Gasteiger partial charge is 0.182 e. The van der Waals surface area contributed by atoms with E-state index in [0.717, 1.165) is 11.4 Å². The second kappa shape index (κ2) is 4.45. The summed E-state index contributed by atoms with van der Waals surface area (Å²) in [5.74, 6) is 0.162. The molecule has 0 radical (unpaired) electrons. The van der Waals surface area contributed by atoms with Crippen molar-refractivity contribution in [3.05, 3.63) is 46.2 Å². The van der Waals surface area contributed by atoms with E-state index in [0.29, 0.717) is 16.3 Å². The number of H-pyrrole nitrogens is 1. The molecule has 1 heterocycles. The van der Waals surface area contributed by atoms with Gasteiger partial charge in [0.25, 0.3) is 0 Å². The Hall–Kier alpha value is -1.42. The largest absolute Gasteiger partial charge is 0.337 e. The third-order valence-corrected chi connectivity index (χ3v) is 3.10. The molecule has 0 bridgehead atoms. The number of imidazole rings is 1. The van der Waals surface area contributed by atoms with Gasteiger partial charge in [-0.3, -0.25) is 4.57 Å². The van der Waals surface area contributed by atoms with E-state index in [9.17, 15) is 4.39 Å². The van der Waals surface area contributed by atoms with Gasteiger partial charge >= 0.3 is 0 Å². The van der Waals surface area contributed by atoms with Crippen molar-refractivity contribution >= 4 is 12.2 Å². The topological polar surface area (TPSA) is 20.7 Å². The van der Waals surface area contributed by atoms with E-state index >= 15 is 0 Å². The monoisotopic (exact) mass is 250 g/mol. The van der Waals surface area contributed by atoms with E-state index in [1.165, 1.54) is 6.07 Å². The fraction of sp³-hybridized carbons (Fsp3) is 0.308. The van der Waals surface area contributed by atoms with Crippen molar-refractivity contribution in [2.75, 3.05) is 0 Å². The molecule has 4 heteroatoms. The highest BCUT2D eigenvalue weighted by Gasteiger charge is 2.10. The van der Waals surface area contributed by atoms with Crippen LogP contribution in [0.1, 0.15) is 31.0 Å². The highest BCUT2D eigenvalue weighted by atomic mass is 32.1. The summed E-state index contributed by atoms with van der Waals surface area (Å²) in [6, 6.07) is 5.03. The minimum absolute atomic E-state index is 0.193. The van der Waals surface area contributed by atoms with Crippen LogP contribution in [-0.4, -0.2) is 9.55 Å². The molecular formula is C13H15FN2S. The van der Waals surface area contributed by atoms with Crippen LogP contribution in [0.4, 0.5) is 4.39 Å². The molecule has 0 unspecified atom stereocenters. The van der Waals surface area contributed by atoms with Crippen LogP contribution in [0, 0.1) is 17.5 Å². The molecule has 0 spiro atoms. The molecule has 2 aromatic rings. The zero-order valence-electron chi connectivity index (χ0n) is 10.1. The van der Waals surface area contributed by atoms with Crippen molar-refractivity contribution in [1.82, 2.24) is 9.55 Å². The third kappa shape index (κ3) is 2.17. The molecule has 0 saturated heterocycles. The van der Waals surface area contributed by atoms with E-state index in [2.05, 4.69) is 18.8 Å². The van der Waals surface area contributed by atoms with Crippen molar-refractivity contribution in [3.8, 4) is 5.69 Å². The molecule has 90 valence electrons. The first kappa shape index (κ1) is 12.0. The lowest BCUT2D eigenvalue weighted by atomic mass is 10.1. The first-order chi connectivity index (χ1) is 8.00. The van der Waals surface area contributed by atoms with Gasteiger partial charge in [0.15, 0.2) is 4.77 Å². The molecule has 0 aliphatic heterocycles. The van der Waals surface area contributed by atoms with Crippen LogP contribution < -0.4 is 0 Å². The summed E-state index contributed by atoms with van der Waals surface area (Å²) in [6.07, 6.45) is 1.91. The molecule has 1 aromatic carbocycles. The number of aromatic nitrogens is 2. The lowest BCUT2D eigenvalue weighted by molar-refractivity contribution is 0.617. The van der Waals surface area contributed by atoms with Gasteiger partial charge in [0, 0.05) is 17.6 Å². The average molecular weight is 250 g/mol. The molecule has 17 heavy (non-hydrogen) atoms. The van der Waals surface area contributed by atoms with Crippen molar-refractivity contribution in [2.45, 2.75) is 26.7 Å². The van der Waals surface area contributed by atoms with Gasteiger partial charge in [0.05, 0.1) is 0 Å². The van der Waals surface area contributed by atoms with Gasteiger partial charge < -0.3 is 4.98 Å². The third-order valence-electron chi connectivity index (χ3n) is 2.80. The van der Waals surface area contributed by atoms with Crippen molar-refractivity contribution in [1.29, 1.82) is 0 Å². The highest BCUT2D eigenvalue weighted by Crippen LogP contribution is 2.21. The van der Waals surface area contributed by atoms with Gasteiger partial charge in [0.2, 0.25) is 0 Å². The van der Waals surface area contributed by atoms with Gasteiger partial charge in [0.1, 0.15) is 5.82 Å². The molecule has 1 N–H and O–H groups in total. The lowest BCUT2D eigenvalue weighted by Crippen LogP contribution is -2.02. The molecule has 0 fully saturated rings.